The highest BCUT2D eigenvalue weighted by atomic mass is 35.5. The molecule has 0 aliphatic carbocycles. The van der Waals surface area contributed by atoms with Crippen molar-refractivity contribution in [1.82, 2.24) is 4.57 Å². The van der Waals surface area contributed by atoms with Gasteiger partial charge in [0, 0.05) is 23.0 Å². The Balaban J connectivity index is 2.07. The molecule has 0 radical (unpaired) electrons. The van der Waals surface area contributed by atoms with Gasteiger partial charge in [-0.25, -0.2) is 0 Å². The van der Waals surface area contributed by atoms with Crippen LogP contribution in [0.5, 0.6) is 0 Å². The summed E-state index contributed by atoms with van der Waals surface area (Å²) >= 11 is 5.82. The van der Waals surface area contributed by atoms with Gasteiger partial charge in [0.1, 0.15) is 6.54 Å². The van der Waals surface area contributed by atoms with Crippen molar-refractivity contribution < 1.29 is 4.79 Å². The van der Waals surface area contributed by atoms with Crippen molar-refractivity contribution in [2.45, 2.75) is 13.5 Å². The van der Waals surface area contributed by atoms with Gasteiger partial charge in [0.15, 0.2) is 0 Å². The molecular formula is C14H13ClN2O2. The van der Waals surface area contributed by atoms with Gasteiger partial charge in [-0.1, -0.05) is 17.7 Å². The molecule has 0 spiro atoms. The summed E-state index contributed by atoms with van der Waals surface area (Å²) in [5.74, 6) is -0.270. The number of amides is 1. The van der Waals surface area contributed by atoms with E-state index >= 15 is 0 Å². The number of halogens is 1. The number of carbonyl (C=O) groups is 1. The van der Waals surface area contributed by atoms with Crippen LogP contribution < -0.4 is 10.9 Å². The number of nitrogens with zero attached hydrogens (tertiary/aromatic N) is 1. The normalized spacial score (nSPS) is 10.2. The molecule has 0 bridgehead atoms. The van der Waals surface area contributed by atoms with Gasteiger partial charge >= 0.3 is 0 Å². The molecule has 0 fully saturated rings. The fraction of sp³-hybridized carbons (Fsp3) is 0.143. The molecule has 0 saturated heterocycles. The second-order valence-electron chi connectivity index (χ2n) is 4.23. The van der Waals surface area contributed by atoms with Crippen LogP contribution in [-0.4, -0.2) is 10.5 Å². The van der Waals surface area contributed by atoms with Gasteiger partial charge in [0.05, 0.1) is 0 Å². The molecule has 0 atom stereocenters. The van der Waals surface area contributed by atoms with Crippen LogP contribution >= 0.6 is 11.6 Å². The summed E-state index contributed by atoms with van der Waals surface area (Å²) in [6, 6.07) is 10.1. The summed E-state index contributed by atoms with van der Waals surface area (Å²) in [5, 5.41) is 3.24. The minimum absolute atomic E-state index is 0.0222. The molecule has 0 aliphatic heterocycles. The van der Waals surface area contributed by atoms with E-state index in [1.165, 1.54) is 10.6 Å². The number of rotatable bonds is 3. The number of anilines is 1. The summed E-state index contributed by atoms with van der Waals surface area (Å²) in [6.45, 7) is 1.81. The number of carbonyl (C=O) groups excluding carboxylic acids is 1. The van der Waals surface area contributed by atoms with Crippen LogP contribution in [0.15, 0.2) is 47.4 Å². The van der Waals surface area contributed by atoms with Crippen LogP contribution in [-0.2, 0) is 11.3 Å². The molecule has 0 unspecified atom stereocenters. The first kappa shape index (κ1) is 13.4. The Morgan fingerprint density at radius 1 is 1.32 bits per heavy atom. The highest BCUT2D eigenvalue weighted by molar-refractivity contribution is 6.30. The van der Waals surface area contributed by atoms with E-state index in [2.05, 4.69) is 5.32 Å². The van der Waals surface area contributed by atoms with E-state index in [1.807, 2.05) is 6.92 Å². The molecule has 2 rings (SSSR count). The average Bonchev–Trinajstić information content (AvgIpc) is 2.33. The summed E-state index contributed by atoms with van der Waals surface area (Å²) < 4.78 is 1.35. The Labute approximate surface area is 115 Å². The molecule has 1 heterocycles. The van der Waals surface area contributed by atoms with E-state index in [9.17, 15) is 9.59 Å². The van der Waals surface area contributed by atoms with E-state index in [4.69, 9.17) is 11.6 Å². The third kappa shape index (κ3) is 3.69. The minimum atomic E-state index is -0.270. The Hall–Kier alpha value is -2.07. The fourth-order valence-corrected chi connectivity index (χ4v) is 1.85. The molecule has 0 aliphatic rings. The molecule has 1 aromatic carbocycles. The van der Waals surface area contributed by atoms with Gasteiger partial charge in [-0.2, -0.15) is 0 Å². The van der Waals surface area contributed by atoms with Gasteiger partial charge < -0.3 is 9.88 Å². The third-order valence-corrected chi connectivity index (χ3v) is 2.81. The molecular weight excluding hydrogens is 264 g/mol. The summed E-state index contributed by atoms with van der Waals surface area (Å²) in [6.07, 6.45) is 1.61. The lowest BCUT2D eigenvalue weighted by molar-refractivity contribution is -0.116. The number of hydrogen-bond donors (Lipinski definition) is 1. The second-order valence-corrected chi connectivity index (χ2v) is 4.67. The number of hydrogen-bond acceptors (Lipinski definition) is 2. The lowest BCUT2D eigenvalue weighted by Gasteiger charge is -2.07. The zero-order valence-electron chi connectivity index (χ0n) is 10.4. The van der Waals surface area contributed by atoms with E-state index < -0.39 is 0 Å². The van der Waals surface area contributed by atoms with Crippen molar-refractivity contribution in [2.75, 3.05) is 5.32 Å². The van der Waals surface area contributed by atoms with Crippen molar-refractivity contribution >= 4 is 23.2 Å². The molecule has 1 amide bonds. The zero-order valence-corrected chi connectivity index (χ0v) is 11.1. The summed E-state index contributed by atoms with van der Waals surface area (Å²) in [4.78, 5) is 23.5. The third-order valence-electron chi connectivity index (χ3n) is 2.57. The molecule has 4 nitrogen and oxygen atoms in total. The molecule has 1 aromatic heterocycles. The van der Waals surface area contributed by atoms with E-state index in [-0.39, 0.29) is 18.0 Å². The van der Waals surface area contributed by atoms with E-state index in [0.29, 0.717) is 10.7 Å². The maximum Gasteiger partial charge on any atom is 0.251 e. The summed E-state index contributed by atoms with van der Waals surface area (Å²) in [5.41, 5.74) is 1.29. The van der Waals surface area contributed by atoms with Crippen LogP contribution in [0.1, 0.15) is 5.56 Å². The SMILES string of the molecule is Cc1ccn(CC(=O)Nc2cccc(Cl)c2)c(=O)c1. The highest BCUT2D eigenvalue weighted by Crippen LogP contribution is 2.14. The number of benzene rings is 1. The number of aromatic nitrogens is 1. The van der Waals surface area contributed by atoms with Crippen LogP contribution in [0, 0.1) is 6.92 Å². The van der Waals surface area contributed by atoms with Crippen LogP contribution in [0.3, 0.4) is 0 Å². The maximum atomic E-state index is 11.8. The fourth-order valence-electron chi connectivity index (χ4n) is 1.66. The number of pyridine rings is 1. The monoisotopic (exact) mass is 276 g/mol. The largest absolute Gasteiger partial charge is 0.324 e. The van der Waals surface area contributed by atoms with Crippen molar-refractivity contribution in [3.8, 4) is 0 Å². The van der Waals surface area contributed by atoms with Crippen LogP contribution in [0.2, 0.25) is 5.02 Å². The minimum Gasteiger partial charge on any atom is -0.324 e. The molecule has 2 aromatic rings. The van der Waals surface area contributed by atoms with Crippen molar-refractivity contribution in [3.63, 3.8) is 0 Å². The van der Waals surface area contributed by atoms with Gasteiger partial charge in [0.25, 0.3) is 5.56 Å². The first-order chi connectivity index (χ1) is 9.04. The Morgan fingerprint density at radius 2 is 2.11 bits per heavy atom. The first-order valence-corrected chi connectivity index (χ1v) is 6.15. The average molecular weight is 277 g/mol. The molecule has 5 heteroatoms. The van der Waals surface area contributed by atoms with Crippen LogP contribution in [0.25, 0.3) is 0 Å². The van der Waals surface area contributed by atoms with Crippen molar-refractivity contribution in [2.24, 2.45) is 0 Å². The first-order valence-electron chi connectivity index (χ1n) is 5.77. The van der Waals surface area contributed by atoms with E-state index in [1.54, 1.807) is 36.5 Å². The number of aryl methyl sites for hydroxylation is 1. The Kier molecular flexibility index (Phi) is 4.02. The standard InChI is InChI=1S/C14H13ClN2O2/c1-10-5-6-17(14(19)7-10)9-13(18)16-12-4-2-3-11(15)8-12/h2-8H,9H2,1H3,(H,16,18). The smallest absolute Gasteiger partial charge is 0.251 e. The topological polar surface area (TPSA) is 51.1 Å². The number of nitrogens with one attached hydrogen (secondary N) is 1. The van der Waals surface area contributed by atoms with Gasteiger partial charge in [-0.3, -0.25) is 9.59 Å². The Bertz CT molecular complexity index is 664. The quantitative estimate of drug-likeness (QED) is 0.936. The molecule has 19 heavy (non-hydrogen) atoms. The molecule has 0 saturated carbocycles. The maximum absolute atomic E-state index is 11.8. The van der Waals surface area contributed by atoms with Gasteiger partial charge in [0.2, 0.25) is 5.91 Å². The summed E-state index contributed by atoms with van der Waals surface area (Å²) in [7, 11) is 0. The second kappa shape index (κ2) is 5.71. The van der Waals surface area contributed by atoms with Crippen molar-refractivity contribution in [1.29, 1.82) is 0 Å². The van der Waals surface area contributed by atoms with E-state index in [0.717, 1.165) is 5.56 Å². The molecule has 1 N–H and O–H groups in total. The van der Waals surface area contributed by atoms with Gasteiger partial charge in [-0.05, 0) is 36.8 Å². The van der Waals surface area contributed by atoms with Crippen molar-refractivity contribution in [3.05, 3.63) is 63.5 Å². The predicted octanol–water partition coefficient (Wildman–Crippen LogP) is 2.45. The highest BCUT2D eigenvalue weighted by Gasteiger charge is 2.05. The predicted molar refractivity (Wildman–Crippen MR) is 75.5 cm³/mol. The lowest BCUT2D eigenvalue weighted by Crippen LogP contribution is -2.26. The van der Waals surface area contributed by atoms with Gasteiger partial charge in [-0.15, -0.1) is 0 Å². The lowest BCUT2D eigenvalue weighted by atomic mass is 10.3. The zero-order chi connectivity index (χ0) is 13.8. The Morgan fingerprint density at radius 3 is 2.79 bits per heavy atom. The molecule has 98 valence electrons. The van der Waals surface area contributed by atoms with Crippen LogP contribution in [0.4, 0.5) is 5.69 Å².